The van der Waals surface area contributed by atoms with Crippen molar-refractivity contribution in [1.82, 2.24) is 14.5 Å². The molecule has 0 aromatic heterocycles. The van der Waals surface area contributed by atoms with E-state index in [1.165, 1.54) is 38.2 Å². The van der Waals surface area contributed by atoms with Gasteiger partial charge in [0.05, 0.1) is 12.8 Å². The van der Waals surface area contributed by atoms with Gasteiger partial charge in [0.25, 0.3) is 0 Å². The minimum atomic E-state index is -4.11. The monoisotopic (exact) mass is 536 g/mol. The second kappa shape index (κ2) is 13.4. The third-order valence-corrected chi connectivity index (χ3v) is 7.51. The number of rotatable bonds is 13. The summed E-state index contributed by atoms with van der Waals surface area (Å²) in [5.41, 5.74) is 0.841. The molecule has 0 spiro atoms. The highest BCUT2D eigenvalue weighted by atomic mass is 32.2. The zero-order valence-electron chi connectivity index (χ0n) is 22.3. The summed E-state index contributed by atoms with van der Waals surface area (Å²) in [5, 5.41) is 2.88. The lowest BCUT2D eigenvalue weighted by molar-refractivity contribution is -0.140. The Kier molecular flexibility index (Phi) is 10.9. The Morgan fingerprint density at radius 1 is 1.08 bits per heavy atom. The SMILES string of the molecule is CC[C@H](C(=O)NCC(C)C)N(Cc1cccc(OC)c1)C(=O)CN(c1ccc(F)cc1)S(=O)(=O)N(C)C. The van der Waals surface area contributed by atoms with Crippen LogP contribution in [0, 0.1) is 11.7 Å². The van der Waals surface area contributed by atoms with Crippen molar-refractivity contribution in [2.75, 3.05) is 38.6 Å². The van der Waals surface area contributed by atoms with E-state index in [0.717, 1.165) is 20.7 Å². The van der Waals surface area contributed by atoms with Gasteiger partial charge in [-0.2, -0.15) is 12.7 Å². The summed E-state index contributed by atoms with van der Waals surface area (Å²) in [5.74, 6) is -0.640. The highest BCUT2D eigenvalue weighted by Crippen LogP contribution is 2.22. The van der Waals surface area contributed by atoms with Gasteiger partial charge in [0.1, 0.15) is 24.2 Å². The summed E-state index contributed by atoms with van der Waals surface area (Å²) in [4.78, 5) is 28.3. The fraction of sp³-hybridized carbons (Fsp3) is 0.462. The number of halogens is 1. The van der Waals surface area contributed by atoms with Crippen molar-refractivity contribution < 1.29 is 27.1 Å². The van der Waals surface area contributed by atoms with Crippen LogP contribution in [0.3, 0.4) is 0 Å². The third-order valence-electron chi connectivity index (χ3n) is 5.69. The molecule has 37 heavy (non-hydrogen) atoms. The van der Waals surface area contributed by atoms with Gasteiger partial charge in [-0.3, -0.25) is 9.59 Å². The van der Waals surface area contributed by atoms with Gasteiger partial charge in [-0.25, -0.2) is 8.70 Å². The molecule has 0 aliphatic rings. The minimum Gasteiger partial charge on any atom is -0.497 e. The number of hydrogen-bond donors (Lipinski definition) is 1. The number of benzene rings is 2. The van der Waals surface area contributed by atoms with Crippen LogP contribution in [-0.4, -0.2) is 69.8 Å². The number of hydrogen-bond acceptors (Lipinski definition) is 5. The molecular weight excluding hydrogens is 499 g/mol. The molecule has 0 saturated carbocycles. The first-order valence-corrected chi connectivity index (χ1v) is 13.5. The van der Waals surface area contributed by atoms with E-state index in [4.69, 9.17) is 4.74 Å². The third kappa shape index (κ3) is 8.16. The fourth-order valence-electron chi connectivity index (χ4n) is 3.63. The number of amides is 2. The zero-order chi connectivity index (χ0) is 27.8. The first kappa shape index (κ1) is 30.0. The molecule has 9 nitrogen and oxygen atoms in total. The molecule has 0 bridgehead atoms. The number of carbonyl (C=O) groups excluding carboxylic acids is 2. The van der Waals surface area contributed by atoms with Crippen LogP contribution in [-0.2, 0) is 26.3 Å². The Bertz CT molecular complexity index is 1160. The van der Waals surface area contributed by atoms with Gasteiger partial charge in [-0.1, -0.05) is 32.9 Å². The lowest BCUT2D eigenvalue weighted by Crippen LogP contribution is -2.53. The zero-order valence-corrected chi connectivity index (χ0v) is 23.1. The molecule has 1 atom stereocenters. The second-order valence-electron chi connectivity index (χ2n) is 9.21. The van der Waals surface area contributed by atoms with Gasteiger partial charge >= 0.3 is 10.2 Å². The average molecular weight is 537 g/mol. The summed E-state index contributed by atoms with van der Waals surface area (Å²) in [7, 11) is 0.107. The van der Waals surface area contributed by atoms with Crippen LogP contribution in [0.4, 0.5) is 10.1 Å². The first-order valence-electron chi connectivity index (χ1n) is 12.1. The van der Waals surface area contributed by atoms with E-state index < -0.39 is 34.5 Å². The van der Waals surface area contributed by atoms with E-state index in [0.29, 0.717) is 24.3 Å². The Morgan fingerprint density at radius 2 is 1.73 bits per heavy atom. The molecular formula is C26H37FN4O5S. The van der Waals surface area contributed by atoms with Crippen LogP contribution in [0.1, 0.15) is 32.8 Å². The molecule has 0 aliphatic carbocycles. The normalized spacial score (nSPS) is 12.4. The molecule has 0 aliphatic heterocycles. The van der Waals surface area contributed by atoms with E-state index in [2.05, 4.69) is 5.32 Å². The molecule has 1 N–H and O–H groups in total. The van der Waals surface area contributed by atoms with E-state index in [1.807, 2.05) is 13.8 Å². The van der Waals surface area contributed by atoms with Crippen molar-refractivity contribution in [2.24, 2.45) is 5.92 Å². The van der Waals surface area contributed by atoms with Gasteiger partial charge in [0.2, 0.25) is 11.8 Å². The van der Waals surface area contributed by atoms with Crippen LogP contribution >= 0.6 is 0 Å². The molecule has 2 rings (SSSR count). The molecule has 2 aromatic carbocycles. The molecule has 0 heterocycles. The number of carbonyl (C=O) groups is 2. The first-order chi connectivity index (χ1) is 17.4. The quantitative estimate of drug-likeness (QED) is 0.424. The smallest absolute Gasteiger partial charge is 0.304 e. The molecule has 0 unspecified atom stereocenters. The van der Waals surface area contributed by atoms with Crippen LogP contribution < -0.4 is 14.4 Å². The van der Waals surface area contributed by atoms with Crippen LogP contribution in [0.15, 0.2) is 48.5 Å². The number of methoxy groups -OCH3 is 1. The molecule has 0 saturated heterocycles. The molecule has 204 valence electrons. The van der Waals surface area contributed by atoms with Gasteiger partial charge in [-0.15, -0.1) is 0 Å². The van der Waals surface area contributed by atoms with Gasteiger partial charge in [0.15, 0.2) is 0 Å². The predicted octanol–water partition coefficient (Wildman–Crippen LogP) is 3.03. The lowest BCUT2D eigenvalue weighted by Gasteiger charge is -2.34. The predicted molar refractivity (Wildman–Crippen MR) is 142 cm³/mol. The Balaban J connectivity index is 2.49. The number of ether oxygens (including phenoxy) is 1. The van der Waals surface area contributed by atoms with Crippen molar-refractivity contribution in [1.29, 1.82) is 0 Å². The molecule has 2 aromatic rings. The van der Waals surface area contributed by atoms with Crippen molar-refractivity contribution in [3.8, 4) is 5.75 Å². The largest absolute Gasteiger partial charge is 0.497 e. The second-order valence-corrected chi connectivity index (χ2v) is 11.3. The molecule has 0 radical (unpaired) electrons. The van der Waals surface area contributed by atoms with E-state index in [-0.39, 0.29) is 24.1 Å². The maximum absolute atomic E-state index is 13.8. The topological polar surface area (TPSA) is 99.3 Å². The minimum absolute atomic E-state index is 0.0584. The van der Waals surface area contributed by atoms with Crippen molar-refractivity contribution in [2.45, 2.75) is 39.8 Å². The number of nitrogens with one attached hydrogen (secondary N) is 1. The maximum atomic E-state index is 13.8. The van der Waals surface area contributed by atoms with Gasteiger partial charge < -0.3 is 15.0 Å². The Hall–Kier alpha value is -3.18. The maximum Gasteiger partial charge on any atom is 0.304 e. The van der Waals surface area contributed by atoms with Crippen LogP contribution in [0.5, 0.6) is 5.75 Å². The average Bonchev–Trinajstić information content (AvgIpc) is 2.86. The number of anilines is 1. The van der Waals surface area contributed by atoms with Crippen LogP contribution in [0.2, 0.25) is 0 Å². The van der Waals surface area contributed by atoms with Crippen molar-refractivity contribution >= 4 is 27.7 Å². The highest BCUT2D eigenvalue weighted by Gasteiger charge is 2.33. The fourth-order valence-corrected chi connectivity index (χ4v) is 4.69. The summed E-state index contributed by atoms with van der Waals surface area (Å²) < 4.78 is 47.1. The Morgan fingerprint density at radius 3 is 2.27 bits per heavy atom. The van der Waals surface area contributed by atoms with Gasteiger partial charge in [0, 0.05) is 27.2 Å². The molecule has 11 heteroatoms. The van der Waals surface area contributed by atoms with E-state index >= 15 is 0 Å². The summed E-state index contributed by atoms with van der Waals surface area (Å²) in [6.07, 6.45) is 0.316. The van der Waals surface area contributed by atoms with Crippen molar-refractivity contribution in [3.05, 3.63) is 59.9 Å². The van der Waals surface area contributed by atoms with Crippen LogP contribution in [0.25, 0.3) is 0 Å². The summed E-state index contributed by atoms with van der Waals surface area (Å²) in [6, 6.07) is 11.1. The summed E-state index contributed by atoms with van der Waals surface area (Å²) >= 11 is 0. The summed E-state index contributed by atoms with van der Waals surface area (Å²) in [6.45, 7) is 5.64. The lowest BCUT2D eigenvalue weighted by atomic mass is 10.1. The standard InChI is InChI=1S/C26H37FN4O5S/c1-7-24(26(33)28-16-19(2)3)30(17-20-9-8-10-23(15-20)36-6)25(32)18-31(37(34,35)29(4)5)22-13-11-21(27)12-14-22/h8-15,19,24H,7,16-18H2,1-6H3,(H,28,33)/t24-/m1/s1. The van der Waals surface area contributed by atoms with Gasteiger partial charge in [-0.05, 0) is 54.3 Å². The number of nitrogens with zero attached hydrogens (tertiary/aromatic N) is 3. The Labute approximate surface area is 219 Å². The van der Waals surface area contributed by atoms with E-state index in [1.54, 1.807) is 31.2 Å². The molecule has 0 fully saturated rings. The molecule has 2 amide bonds. The van der Waals surface area contributed by atoms with E-state index in [9.17, 15) is 22.4 Å². The highest BCUT2D eigenvalue weighted by molar-refractivity contribution is 7.90. The van der Waals surface area contributed by atoms with Crippen molar-refractivity contribution in [3.63, 3.8) is 0 Å².